The molecule has 0 aromatic carbocycles. The van der Waals surface area contributed by atoms with Gasteiger partial charge in [0.15, 0.2) is 0 Å². The van der Waals surface area contributed by atoms with Gasteiger partial charge in [0.25, 0.3) is 0 Å². The lowest BCUT2D eigenvalue weighted by atomic mass is 10.0. The minimum atomic E-state index is -0.773. The number of carbonyl (C=O) groups excluding carboxylic acids is 3. The first-order chi connectivity index (χ1) is 12.7. The number of rotatable bonds is 13. The SMILES string of the molecule is C#CCC[C@H](NC(=O)CCC(=O)N(C)CC)C(=O)NC[C@@H](O)CCC(C)C. The Morgan fingerprint density at radius 1 is 1.15 bits per heavy atom. The predicted molar refractivity (Wildman–Crippen MR) is 106 cm³/mol. The van der Waals surface area contributed by atoms with E-state index in [4.69, 9.17) is 6.42 Å². The van der Waals surface area contributed by atoms with Crippen molar-refractivity contribution in [3.63, 3.8) is 0 Å². The first-order valence-corrected chi connectivity index (χ1v) is 9.63. The van der Waals surface area contributed by atoms with Crippen molar-refractivity contribution in [3.05, 3.63) is 0 Å². The molecule has 7 heteroatoms. The van der Waals surface area contributed by atoms with E-state index in [0.717, 1.165) is 6.42 Å². The molecule has 0 aliphatic carbocycles. The van der Waals surface area contributed by atoms with Gasteiger partial charge in [-0.3, -0.25) is 14.4 Å². The van der Waals surface area contributed by atoms with E-state index in [1.54, 1.807) is 7.05 Å². The minimum Gasteiger partial charge on any atom is -0.391 e. The summed E-state index contributed by atoms with van der Waals surface area (Å²) in [4.78, 5) is 37.7. The van der Waals surface area contributed by atoms with Crippen molar-refractivity contribution in [3.8, 4) is 12.3 Å². The van der Waals surface area contributed by atoms with Gasteiger partial charge in [-0.1, -0.05) is 13.8 Å². The number of aliphatic hydroxyl groups excluding tert-OH is 1. The molecule has 0 rings (SSSR count). The van der Waals surface area contributed by atoms with Crippen LogP contribution in [0.2, 0.25) is 0 Å². The van der Waals surface area contributed by atoms with Crippen LogP contribution in [0.4, 0.5) is 0 Å². The van der Waals surface area contributed by atoms with E-state index in [2.05, 4.69) is 30.4 Å². The third-order valence-electron chi connectivity index (χ3n) is 4.28. The van der Waals surface area contributed by atoms with Gasteiger partial charge in [-0.05, 0) is 32.1 Å². The van der Waals surface area contributed by atoms with Crippen LogP contribution in [-0.4, -0.2) is 60.0 Å². The molecule has 0 saturated heterocycles. The number of nitrogens with zero attached hydrogens (tertiary/aromatic N) is 1. The molecule has 2 atom stereocenters. The van der Waals surface area contributed by atoms with Gasteiger partial charge < -0.3 is 20.6 Å². The van der Waals surface area contributed by atoms with Gasteiger partial charge in [-0.15, -0.1) is 12.3 Å². The molecule has 27 heavy (non-hydrogen) atoms. The van der Waals surface area contributed by atoms with Crippen LogP contribution in [0.1, 0.15) is 59.3 Å². The molecular weight excluding hydrogens is 346 g/mol. The maximum Gasteiger partial charge on any atom is 0.242 e. The summed E-state index contributed by atoms with van der Waals surface area (Å²) in [5.74, 6) is 2.07. The van der Waals surface area contributed by atoms with E-state index in [1.807, 2.05) is 6.92 Å². The van der Waals surface area contributed by atoms with E-state index in [1.165, 1.54) is 4.90 Å². The summed E-state index contributed by atoms with van der Waals surface area (Å²) in [5.41, 5.74) is 0. The van der Waals surface area contributed by atoms with Crippen LogP contribution in [0.3, 0.4) is 0 Å². The van der Waals surface area contributed by atoms with Crippen molar-refractivity contribution < 1.29 is 19.5 Å². The quantitative estimate of drug-likeness (QED) is 0.415. The standard InChI is InChI=1S/C20H35N3O4/c1-6-8-9-17(20(27)21-14-16(24)11-10-15(3)4)22-18(25)12-13-19(26)23(5)7-2/h1,15-17,24H,7-14H2,2-5H3,(H,21,27)(H,22,25)/t16-,17-/m0/s1. The number of hydrogen-bond donors (Lipinski definition) is 3. The van der Waals surface area contributed by atoms with E-state index in [9.17, 15) is 19.5 Å². The Bertz CT molecular complexity index is 514. The maximum absolute atomic E-state index is 12.3. The summed E-state index contributed by atoms with van der Waals surface area (Å²) < 4.78 is 0. The van der Waals surface area contributed by atoms with Crippen LogP contribution in [0.15, 0.2) is 0 Å². The highest BCUT2D eigenvalue weighted by Crippen LogP contribution is 2.06. The van der Waals surface area contributed by atoms with Crippen molar-refractivity contribution in [2.24, 2.45) is 5.92 Å². The molecule has 3 N–H and O–H groups in total. The first kappa shape index (κ1) is 24.9. The molecule has 0 bridgehead atoms. The van der Waals surface area contributed by atoms with E-state index >= 15 is 0 Å². The fourth-order valence-electron chi connectivity index (χ4n) is 2.32. The van der Waals surface area contributed by atoms with E-state index in [0.29, 0.717) is 31.7 Å². The van der Waals surface area contributed by atoms with Gasteiger partial charge in [0, 0.05) is 39.4 Å². The Labute approximate surface area is 163 Å². The highest BCUT2D eigenvalue weighted by Gasteiger charge is 2.21. The van der Waals surface area contributed by atoms with Gasteiger partial charge in [0.05, 0.1) is 6.10 Å². The van der Waals surface area contributed by atoms with Gasteiger partial charge >= 0.3 is 0 Å². The Kier molecular flexibility index (Phi) is 13.0. The highest BCUT2D eigenvalue weighted by molar-refractivity contribution is 5.89. The monoisotopic (exact) mass is 381 g/mol. The lowest BCUT2D eigenvalue weighted by Gasteiger charge is -2.20. The summed E-state index contributed by atoms with van der Waals surface area (Å²) in [7, 11) is 1.67. The fourth-order valence-corrected chi connectivity index (χ4v) is 2.32. The minimum absolute atomic E-state index is 0.0139. The molecule has 0 unspecified atom stereocenters. The van der Waals surface area contributed by atoms with Gasteiger partial charge in [-0.2, -0.15) is 0 Å². The van der Waals surface area contributed by atoms with Gasteiger partial charge in [0.2, 0.25) is 17.7 Å². The third-order valence-corrected chi connectivity index (χ3v) is 4.28. The second-order valence-corrected chi connectivity index (χ2v) is 7.14. The molecule has 0 radical (unpaired) electrons. The van der Waals surface area contributed by atoms with Crippen LogP contribution >= 0.6 is 0 Å². The number of terminal acetylenes is 1. The predicted octanol–water partition coefficient (Wildman–Crippen LogP) is 1.06. The molecule has 0 aliphatic heterocycles. The lowest BCUT2D eigenvalue weighted by molar-refractivity contribution is -0.133. The molecular formula is C20H35N3O4. The van der Waals surface area contributed by atoms with Gasteiger partial charge in [-0.25, -0.2) is 0 Å². The molecule has 3 amide bonds. The summed E-state index contributed by atoms with van der Waals surface area (Å²) in [5, 5.41) is 15.2. The summed E-state index contributed by atoms with van der Waals surface area (Å²) in [6.45, 7) is 6.70. The van der Waals surface area contributed by atoms with Crippen molar-refractivity contribution in [2.75, 3.05) is 20.1 Å². The zero-order valence-electron chi connectivity index (χ0n) is 17.1. The first-order valence-electron chi connectivity index (χ1n) is 9.63. The molecule has 0 aliphatic rings. The summed E-state index contributed by atoms with van der Waals surface area (Å²) in [6, 6.07) is -0.773. The Morgan fingerprint density at radius 3 is 2.37 bits per heavy atom. The highest BCUT2D eigenvalue weighted by atomic mass is 16.3. The second-order valence-electron chi connectivity index (χ2n) is 7.14. The van der Waals surface area contributed by atoms with E-state index in [-0.39, 0.29) is 37.1 Å². The molecule has 0 spiro atoms. The van der Waals surface area contributed by atoms with Crippen molar-refractivity contribution in [2.45, 2.75) is 71.4 Å². The molecule has 154 valence electrons. The van der Waals surface area contributed by atoms with E-state index < -0.39 is 12.1 Å². The number of nitrogens with one attached hydrogen (secondary N) is 2. The van der Waals surface area contributed by atoms with Crippen LogP contribution < -0.4 is 10.6 Å². The zero-order chi connectivity index (χ0) is 20.8. The van der Waals surface area contributed by atoms with Crippen LogP contribution in [0.25, 0.3) is 0 Å². The molecule has 0 aromatic heterocycles. The van der Waals surface area contributed by atoms with Crippen molar-refractivity contribution >= 4 is 17.7 Å². The third kappa shape index (κ3) is 12.0. The maximum atomic E-state index is 12.3. The van der Waals surface area contributed by atoms with Crippen LogP contribution in [0.5, 0.6) is 0 Å². The largest absolute Gasteiger partial charge is 0.391 e. The molecule has 0 aromatic rings. The van der Waals surface area contributed by atoms with Crippen molar-refractivity contribution in [1.82, 2.24) is 15.5 Å². The molecule has 0 heterocycles. The molecule has 0 saturated carbocycles. The zero-order valence-corrected chi connectivity index (χ0v) is 17.1. The lowest BCUT2D eigenvalue weighted by Crippen LogP contribution is -2.48. The Balaban J connectivity index is 4.50. The smallest absolute Gasteiger partial charge is 0.242 e. The number of hydrogen-bond acceptors (Lipinski definition) is 4. The van der Waals surface area contributed by atoms with Crippen molar-refractivity contribution in [1.29, 1.82) is 0 Å². The average Bonchev–Trinajstić information content (AvgIpc) is 2.64. The number of aliphatic hydroxyl groups is 1. The van der Waals surface area contributed by atoms with Crippen LogP contribution in [-0.2, 0) is 14.4 Å². The normalized spacial score (nSPS) is 12.8. The Hall–Kier alpha value is -2.07. The van der Waals surface area contributed by atoms with Crippen LogP contribution in [0, 0.1) is 18.3 Å². The topological polar surface area (TPSA) is 98.7 Å². The summed E-state index contributed by atoms with van der Waals surface area (Å²) >= 11 is 0. The average molecular weight is 382 g/mol. The number of amides is 3. The Morgan fingerprint density at radius 2 is 1.81 bits per heavy atom. The molecule has 0 fully saturated rings. The number of carbonyl (C=O) groups is 3. The van der Waals surface area contributed by atoms with Gasteiger partial charge in [0.1, 0.15) is 6.04 Å². The summed E-state index contributed by atoms with van der Waals surface area (Å²) in [6.07, 6.45) is 6.86. The fraction of sp³-hybridized carbons (Fsp3) is 0.750. The second kappa shape index (κ2) is 14.0. The molecule has 7 nitrogen and oxygen atoms in total.